The molecule has 3 heteroatoms. The summed E-state index contributed by atoms with van der Waals surface area (Å²) in [5.41, 5.74) is 2.02. The smallest absolute Gasteiger partial charge is 0.127 e. The Kier molecular flexibility index (Phi) is 3.32. The molecule has 1 heterocycles. The lowest BCUT2D eigenvalue weighted by Crippen LogP contribution is -2.32. The second-order valence-corrected chi connectivity index (χ2v) is 5.22. The standard InChI is InChI=1S/C12H16FNS/c1-3-14-12-8(2)15-7-10-9(12)5-4-6-11(10)13/h4-6,8,12,14H,3,7H2,1-2H3. The van der Waals surface area contributed by atoms with Crippen molar-refractivity contribution in [1.82, 2.24) is 5.32 Å². The van der Waals surface area contributed by atoms with Gasteiger partial charge < -0.3 is 5.32 Å². The molecule has 2 unspecified atom stereocenters. The molecule has 15 heavy (non-hydrogen) atoms. The molecule has 0 saturated heterocycles. The third-order valence-electron chi connectivity index (χ3n) is 2.87. The molecule has 2 atom stereocenters. The Hall–Kier alpha value is -0.540. The van der Waals surface area contributed by atoms with Crippen LogP contribution in [0.2, 0.25) is 0 Å². The molecule has 0 fully saturated rings. The topological polar surface area (TPSA) is 12.0 Å². The SMILES string of the molecule is CCNC1c2cccc(F)c2CSC1C. The van der Waals surface area contributed by atoms with E-state index in [1.807, 2.05) is 17.8 Å². The maximum absolute atomic E-state index is 13.6. The van der Waals surface area contributed by atoms with Crippen molar-refractivity contribution in [2.45, 2.75) is 30.9 Å². The largest absolute Gasteiger partial charge is 0.309 e. The zero-order valence-electron chi connectivity index (χ0n) is 9.09. The molecule has 0 bridgehead atoms. The van der Waals surface area contributed by atoms with Gasteiger partial charge in [-0.1, -0.05) is 26.0 Å². The lowest BCUT2D eigenvalue weighted by Gasteiger charge is -2.31. The van der Waals surface area contributed by atoms with Crippen molar-refractivity contribution in [1.29, 1.82) is 0 Å². The first-order valence-corrected chi connectivity index (χ1v) is 6.41. The van der Waals surface area contributed by atoms with E-state index in [0.29, 0.717) is 11.3 Å². The Morgan fingerprint density at radius 3 is 3.07 bits per heavy atom. The molecule has 0 spiro atoms. The lowest BCUT2D eigenvalue weighted by molar-refractivity contribution is 0.528. The van der Waals surface area contributed by atoms with Crippen LogP contribution >= 0.6 is 11.8 Å². The van der Waals surface area contributed by atoms with E-state index in [0.717, 1.165) is 23.4 Å². The van der Waals surface area contributed by atoms with E-state index < -0.39 is 0 Å². The van der Waals surface area contributed by atoms with Gasteiger partial charge >= 0.3 is 0 Å². The average Bonchev–Trinajstić information content (AvgIpc) is 2.23. The molecule has 1 N–H and O–H groups in total. The average molecular weight is 225 g/mol. The zero-order valence-corrected chi connectivity index (χ0v) is 9.90. The molecular formula is C12H16FNS. The van der Waals surface area contributed by atoms with E-state index in [1.54, 1.807) is 12.1 Å². The molecule has 82 valence electrons. The summed E-state index contributed by atoms with van der Waals surface area (Å²) in [5.74, 6) is 0.736. The number of hydrogen-bond acceptors (Lipinski definition) is 2. The van der Waals surface area contributed by atoms with Crippen LogP contribution in [0.15, 0.2) is 18.2 Å². The Bertz CT molecular complexity index is 353. The highest BCUT2D eigenvalue weighted by Crippen LogP contribution is 2.38. The minimum Gasteiger partial charge on any atom is -0.309 e. The predicted molar refractivity (Wildman–Crippen MR) is 63.6 cm³/mol. The third-order valence-corrected chi connectivity index (χ3v) is 4.13. The van der Waals surface area contributed by atoms with E-state index in [4.69, 9.17) is 0 Å². The van der Waals surface area contributed by atoms with Crippen molar-refractivity contribution in [3.63, 3.8) is 0 Å². The molecule has 0 aromatic heterocycles. The summed E-state index contributed by atoms with van der Waals surface area (Å²) in [5, 5.41) is 3.94. The van der Waals surface area contributed by atoms with Crippen LogP contribution in [0.5, 0.6) is 0 Å². The zero-order chi connectivity index (χ0) is 10.8. The normalized spacial score (nSPS) is 25.0. The fourth-order valence-electron chi connectivity index (χ4n) is 2.08. The molecule has 0 saturated carbocycles. The molecule has 1 aliphatic heterocycles. The summed E-state index contributed by atoms with van der Waals surface area (Å²) in [6.07, 6.45) is 0. The maximum atomic E-state index is 13.6. The Morgan fingerprint density at radius 1 is 1.53 bits per heavy atom. The fraction of sp³-hybridized carbons (Fsp3) is 0.500. The van der Waals surface area contributed by atoms with Gasteiger partial charge in [0.05, 0.1) is 0 Å². The van der Waals surface area contributed by atoms with Crippen molar-refractivity contribution in [3.05, 3.63) is 35.1 Å². The first-order chi connectivity index (χ1) is 7.24. The van der Waals surface area contributed by atoms with Gasteiger partial charge in [-0.3, -0.25) is 0 Å². The van der Waals surface area contributed by atoms with Crippen LogP contribution < -0.4 is 5.32 Å². The summed E-state index contributed by atoms with van der Waals surface area (Å²) < 4.78 is 13.6. The number of rotatable bonds is 2. The fourth-order valence-corrected chi connectivity index (χ4v) is 3.25. The van der Waals surface area contributed by atoms with Crippen molar-refractivity contribution < 1.29 is 4.39 Å². The second-order valence-electron chi connectivity index (χ2n) is 3.86. The van der Waals surface area contributed by atoms with E-state index >= 15 is 0 Å². The first kappa shape index (κ1) is 11.0. The molecule has 0 aliphatic carbocycles. The van der Waals surface area contributed by atoms with Crippen molar-refractivity contribution in [2.24, 2.45) is 0 Å². The van der Waals surface area contributed by atoms with Gasteiger partial charge in [-0.2, -0.15) is 11.8 Å². The van der Waals surface area contributed by atoms with E-state index in [2.05, 4.69) is 19.2 Å². The summed E-state index contributed by atoms with van der Waals surface area (Å²) in [7, 11) is 0. The van der Waals surface area contributed by atoms with Crippen molar-refractivity contribution in [3.8, 4) is 0 Å². The van der Waals surface area contributed by atoms with E-state index in [1.165, 1.54) is 0 Å². The number of hydrogen-bond donors (Lipinski definition) is 1. The van der Waals surface area contributed by atoms with Crippen LogP contribution in [0.25, 0.3) is 0 Å². The van der Waals surface area contributed by atoms with Gasteiger partial charge in [-0.25, -0.2) is 4.39 Å². The van der Waals surface area contributed by atoms with Gasteiger partial charge in [0, 0.05) is 22.6 Å². The number of halogens is 1. The highest BCUT2D eigenvalue weighted by Gasteiger charge is 2.27. The van der Waals surface area contributed by atoms with Crippen LogP contribution in [0, 0.1) is 5.82 Å². The van der Waals surface area contributed by atoms with Crippen LogP contribution in [-0.2, 0) is 5.75 Å². The minimum atomic E-state index is -0.0604. The lowest BCUT2D eigenvalue weighted by atomic mass is 9.98. The molecule has 1 nitrogen and oxygen atoms in total. The molecular weight excluding hydrogens is 209 g/mol. The minimum absolute atomic E-state index is 0.0604. The van der Waals surface area contributed by atoms with E-state index in [-0.39, 0.29) is 5.82 Å². The summed E-state index contributed by atoms with van der Waals surface area (Å²) in [6.45, 7) is 5.21. The molecule has 1 aromatic carbocycles. The van der Waals surface area contributed by atoms with Gasteiger partial charge in [0.25, 0.3) is 0 Å². The first-order valence-electron chi connectivity index (χ1n) is 5.36. The summed E-state index contributed by atoms with van der Waals surface area (Å²) >= 11 is 1.82. The number of nitrogens with one attached hydrogen (secondary N) is 1. The van der Waals surface area contributed by atoms with Gasteiger partial charge in [-0.15, -0.1) is 0 Å². The highest BCUT2D eigenvalue weighted by molar-refractivity contribution is 7.99. The predicted octanol–water partition coefficient (Wildman–Crippen LogP) is 3.11. The van der Waals surface area contributed by atoms with Crippen molar-refractivity contribution >= 4 is 11.8 Å². The van der Waals surface area contributed by atoms with Gasteiger partial charge in [0.1, 0.15) is 5.82 Å². The van der Waals surface area contributed by atoms with Crippen LogP contribution in [0.4, 0.5) is 4.39 Å². The Morgan fingerprint density at radius 2 is 2.33 bits per heavy atom. The molecule has 0 radical (unpaired) electrons. The van der Waals surface area contributed by atoms with Gasteiger partial charge in [0.2, 0.25) is 0 Å². The van der Waals surface area contributed by atoms with Crippen LogP contribution in [0.1, 0.15) is 31.0 Å². The number of fused-ring (bicyclic) bond motifs is 1. The second kappa shape index (κ2) is 4.54. The Balaban J connectivity index is 2.39. The highest BCUT2D eigenvalue weighted by atomic mass is 32.2. The van der Waals surface area contributed by atoms with Crippen LogP contribution in [0.3, 0.4) is 0 Å². The molecule has 2 rings (SSSR count). The van der Waals surface area contributed by atoms with Gasteiger partial charge in [-0.05, 0) is 18.2 Å². The van der Waals surface area contributed by atoms with Crippen LogP contribution in [-0.4, -0.2) is 11.8 Å². The monoisotopic (exact) mass is 225 g/mol. The van der Waals surface area contributed by atoms with Crippen molar-refractivity contribution in [2.75, 3.05) is 6.54 Å². The summed E-state index contributed by atoms with van der Waals surface area (Å²) in [4.78, 5) is 0. The molecule has 1 aromatic rings. The summed E-state index contributed by atoms with van der Waals surface area (Å²) in [6, 6.07) is 5.70. The number of thioether (sulfide) groups is 1. The molecule has 1 aliphatic rings. The quantitative estimate of drug-likeness (QED) is 0.830. The number of benzene rings is 1. The Labute approximate surface area is 94.5 Å². The van der Waals surface area contributed by atoms with Gasteiger partial charge in [0.15, 0.2) is 0 Å². The third kappa shape index (κ3) is 2.04. The maximum Gasteiger partial charge on any atom is 0.127 e. The molecule has 0 amide bonds. The van der Waals surface area contributed by atoms with E-state index in [9.17, 15) is 4.39 Å².